The number of nitrogens with one attached hydrogen (secondary N) is 2. The Balaban J connectivity index is 1.31. The topological polar surface area (TPSA) is 125 Å². The van der Waals surface area contributed by atoms with E-state index in [0.29, 0.717) is 28.3 Å². The highest BCUT2D eigenvalue weighted by Crippen LogP contribution is 2.32. The van der Waals surface area contributed by atoms with Crippen LogP contribution in [0, 0.1) is 5.82 Å². The number of halogens is 1. The second-order valence-corrected chi connectivity index (χ2v) is 8.91. The van der Waals surface area contributed by atoms with Gasteiger partial charge in [0.2, 0.25) is 0 Å². The molecule has 1 aliphatic rings. The van der Waals surface area contributed by atoms with E-state index in [0.717, 1.165) is 46.6 Å². The number of benzene rings is 2. The highest BCUT2D eigenvalue weighted by Gasteiger charge is 2.25. The van der Waals surface area contributed by atoms with Crippen LogP contribution in [-0.4, -0.2) is 54.2 Å². The van der Waals surface area contributed by atoms with Gasteiger partial charge in [0.15, 0.2) is 5.82 Å². The van der Waals surface area contributed by atoms with Gasteiger partial charge in [-0.15, -0.1) is 0 Å². The lowest BCUT2D eigenvalue weighted by atomic mass is 10.1. The Morgan fingerprint density at radius 1 is 0.944 bits per heavy atom. The van der Waals surface area contributed by atoms with Crippen LogP contribution >= 0.6 is 0 Å². The lowest BCUT2D eigenvalue weighted by Crippen LogP contribution is -2.56. The monoisotopic (exact) mass is 477 g/mol. The average Bonchev–Trinajstić information content (AvgIpc) is 3.50. The van der Waals surface area contributed by atoms with E-state index in [-0.39, 0.29) is 11.9 Å². The highest BCUT2D eigenvalue weighted by atomic mass is 19.1. The van der Waals surface area contributed by atoms with Crippen molar-refractivity contribution in [1.82, 2.24) is 35.1 Å². The smallest absolute Gasteiger partial charge is 0.159 e. The summed E-state index contributed by atoms with van der Waals surface area (Å²) in [4.78, 5) is 23.9. The minimum absolute atomic E-state index is 0.181. The summed E-state index contributed by atoms with van der Waals surface area (Å²) in [6.07, 6.45) is 5.19. The Labute approximate surface area is 204 Å². The summed E-state index contributed by atoms with van der Waals surface area (Å²) >= 11 is 0. The fourth-order valence-electron chi connectivity index (χ4n) is 4.60. The number of pyridine rings is 1. The molecule has 4 N–H and O–H groups in total. The number of aromatic nitrogens is 7. The molecule has 0 atom stereocenters. The summed E-state index contributed by atoms with van der Waals surface area (Å²) < 4.78 is 13.9. The zero-order valence-corrected chi connectivity index (χ0v) is 19.0. The normalized spacial score (nSPS) is 14.0. The van der Waals surface area contributed by atoms with Crippen LogP contribution in [0.25, 0.3) is 56.0 Å². The van der Waals surface area contributed by atoms with E-state index in [1.54, 1.807) is 24.7 Å². The minimum Gasteiger partial charge on any atom is -0.352 e. The standard InChI is InChI=1S/C26H20FN9/c27-16-3-1-2-15(8-16)23-25-20(6-7-30-23)32-26(33-25)24-18-9-14(4-5-19(18)34-35-24)21-10-29-11-22(31-21)36-12-17(28)13-36/h1-11,17H,12-13,28H2,(H,32,33)(H,34,35). The number of H-pyrrole nitrogens is 2. The fraction of sp³-hybridized carbons (Fsp3) is 0.115. The molecule has 0 saturated carbocycles. The van der Waals surface area contributed by atoms with Crippen LogP contribution in [0.3, 0.4) is 0 Å². The van der Waals surface area contributed by atoms with Crippen molar-refractivity contribution in [3.63, 3.8) is 0 Å². The Hall–Kier alpha value is -4.70. The molecule has 1 saturated heterocycles. The zero-order valence-electron chi connectivity index (χ0n) is 19.0. The number of nitrogens with two attached hydrogens (primary N) is 1. The third kappa shape index (κ3) is 3.38. The maximum atomic E-state index is 13.9. The predicted molar refractivity (Wildman–Crippen MR) is 136 cm³/mol. The molecular formula is C26H20FN9. The number of rotatable bonds is 4. The number of anilines is 1. The van der Waals surface area contributed by atoms with Crippen LogP contribution in [0.4, 0.5) is 10.2 Å². The molecule has 6 aromatic rings. The second-order valence-electron chi connectivity index (χ2n) is 8.91. The van der Waals surface area contributed by atoms with Gasteiger partial charge < -0.3 is 15.6 Å². The fourth-order valence-corrected chi connectivity index (χ4v) is 4.60. The van der Waals surface area contributed by atoms with Crippen molar-refractivity contribution < 1.29 is 4.39 Å². The number of hydrogen-bond donors (Lipinski definition) is 3. The van der Waals surface area contributed by atoms with Gasteiger partial charge in [-0.25, -0.2) is 14.4 Å². The largest absolute Gasteiger partial charge is 0.352 e. The van der Waals surface area contributed by atoms with Gasteiger partial charge in [-0.1, -0.05) is 18.2 Å². The van der Waals surface area contributed by atoms with Crippen molar-refractivity contribution in [2.45, 2.75) is 6.04 Å². The maximum absolute atomic E-state index is 13.9. The molecule has 4 aromatic heterocycles. The van der Waals surface area contributed by atoms with Crippen molar-refractivity contribution in [3.8, 4) is 34.0 Å². The SMILES string of the molecule is NC1CN(c2cncc(-c3ccc4[nH]nc(-c5nc6c(-c7cccc(F)c7)nccc6[nH]5)c4c3)n2)C1. The van der Waals surface area contributed by atoms with E-state index in [4.69, 9.17) is 15.7 Å². The molecule has 0 bridgehead atoms. The molecule has 0 aliphatic carbocycles. The van der Waals surface area contributed by atoms with Gasteiger partial charge in [-0.3, -0.25) is 15.1 Å². The Bertz CT molecular complexity index is 1750. The van der Waals surface area contributed by atoms with Crippen molar-refractivity contribution in [2.24, 2.45) is 5.73 Å². The third-order valence-corrected chi connectivity index (χ3v) is 6.44. The summed E-state index contributed by atoms with van der Waals surface area (Å²) in [6, 6.07) is 14.4. The molecule has 0 amide bonds. The number of hydrogen-bond acceptors (Lipinski definition) is 7. The van der Waals surface area contributed by atoms with E-state index >= 15 is 0 Å². The molecule has 9 nitrogen and oxygen atoms in total. The average molecular weight is 478 g/mol. The van der Waals surface area contributed by atoms with E-state index in [1.807, 2.05) is 30.3 Å². The first-order valence-electron chi connectivity index (χ1n) is 11.5. The zero-order chi connectivity index (χ0) is 24.2. The lowest BCUT2D eigenvalue weighted by molar-refractivity contribution is 0.514. The van der Waals surface area contributed by atoms with Gasteiger partial charge in [-0.05, 0) is 30.3 Å². The molecule has 0 spiro atoms. The predicted octanol–water partition coefficient (Wildman–Crippen LogP) is 3.91. The van der Waals surface area contributed by atoms with Crippen LogP contribution in [-0.2, 0) is 0 Å². The van der Waals surface area contributed by atoms with Crippen LogP contribution in [0.15, 0.2) is 67.1 Å². The highest BCUT2D eigenvalue weighted by molar-refractivity contribution is 5.97. The molecule has 1 aliphatic heterocycles. The number of nitrogens with zero attached hydrogens (tertiary/aromatic N) is 6. The summed E-state index contributed by atoms with van der Waals surface area (Å²) in [5.74, 6) is 1.09. The third-order valence-electron chi connectivity index (χ3n) is 6.44. The summed E-state index contributed by atoms with van der Waals surface area (Å²) in [6.45, 7) is 1.56. The first kappa shape index (κ1) is 20.7. The van der Waals surface area contributed by atoms with Gasteiger partial charge in [0.1, 0.15) is 22.8 Å². The quantitative estimate of drug-likeness (QED) is 0.351. The van der Waals surface area contributed by atoms with E-state index in [1.165, 1.54) is 12.1 Å². The number of aromatic amines is 2. The van der Waals surface area contributed by atoms with Crippen molar-refractivity contribution >= 4 is 27.8 Å². The molecule has 7 rings (SSSR count). The van der Waals surface area contributed by atoms with Gasteiger partial charge in [-0.2, -0.15) is 5.10 Å². The molecule has 36 heavy (non-hydrogen) atoms. The summed E-state index contributed by atoms with van der Waals surface area (Å²) in [5, 5.41) is 8.51. The summed E-state index contributed by atoms with van der Waals surface area (Å²) in [5.41, 5.74) is 11.9. The molecule has 10 heteroatoms. The molecule has 176 valence electrons. The van der Waals surface area contributed by atoms with Crippen LogP contribution < -0.4 is 10.6 Å². The number of fused-ring (bicyclic) bond motifs is 2. The summed E-state index contributed by atoms with van der Waals surface area (Å²) in [7, 11) is 0. The van der Waals surface area contributed by atoms with Gasteiger partial charge in [0.05, 0.1) is 34.8 Å². The molecular weight excluding hydrogens is 457 g/mol. The lowest BCUT2D eigenvalue weighted by Gasteiger charge is -2.37. The van der Waals surface area contributed by atoms with Gasteiger partial charge in [0.25, 0.3) is 0 Å². The van der Waals surface area contributed by atoms with Crippen LogP contribution in [0.1, 0.15) is 0 Å². The van der Waals surface area contributed by atoms with Crippen molar-refractivity contribution in [2.75, 3.05) is 18.0 Å². The molecule has 5 heterocycles. The molecule has 0 unspecified atom stereocenters. The van der Waals surface area contributed by atoms with E-state index in [9.17, 15) is 4.39 Å². The second kappa shape index (κ2) is 7.92. The Morgan fingerprint density at radius 2 is 1.86 bits per heavy atom. The van der Waals surface area contributed by atoms with Gasteiger partial charge in [0, 0.05) is 41.8 Å². The van der Waals surface area contributed by atoms with Crippen LogP contribution in [0.2, 0.25) is 0 Å². The molecule has 0 radical (unpaired) electrons. The van der Waals surface area contributed by atoms with Gasteiger partial charge >= 0.3 is 0 Å². The Morgan fingerprint density at radius 3 is 2.72 bits per heavy atom. The molecule has 2 aromatic carbocycles. The van der Waals surface area contributed by atoms with E-state index < -0.39 is 0 Å². The van der Waals surface area contributed by atoms with Crippen molar-refractivity contribution in [3.05, 3.63) is 72.9 Å². The van der Waals surface area contributed by atoms with Crippen LogP contribution in [0.5, 0.6) is 0 Å². The first-order chi connectivity index (χ1) is 17.6. The Kier molecular flexibility index (Phi) is 4.55. The first-order valence-corrected chi connectivity index (χ1v) is 11.5. The van der Waals surface area contributed by atoms with Crippen molar-refractivity contribution in [1.29, 1.82) is 0 Å². The minimum atomic E-state index is -0.322. The molecule has 1 fully saturated rings. The number of imidazole rings is 1. The van der Waals surface area contributed by atoms with E-state index in [2.05, 4.69) is 30.0 Å². The maximum Gasteiger partial charge on any atom is 0.159 e.